The Morgan fingerprint density at radius 2 is 1.89 bits per heavy atom. The second kappa shape index (κ2) is 8.91. The van der Waals surface area contributed by atoms with E-state index in [1.54, 1.807) is 14.2 Å². The highest BCUT2D eigenvalue weighted by Gasteiger charge is 2.11. The molecule has 0 amide bonds. The molecule has 0 aliphatic rings. The maximum atomic E-state index is 5.18. The Morgan fingerprint density at radius 3 is 2.42 bits per heavy atom. The summed E-state index contributed by atoms with van der Waals surface area (Å²) in [4.78, 5) is 2.32. The summed E-state index contributed by atoms with van der Waals surface area (Å²) in [7, 11) is 7.57. The summed E-state index contributed by atoms with van der Waals surface area (Å²) in [5, 5.41) is 3.36. The van der Waals surface area contributed by atoms with E-state index in [0.29, 0.717) is 6.04 Å². The molecule has 0 aromatic heterocycles. The van der Waals surface area contributed by atoms with Crippen molar-refractivity contribution in [1.82, 2.24) is 10.2 Å². The molecular weight excluding hydrogens is 240 g/mol. The molecule has 1 rings (SSSR count). The number of hydrogen-bond acceptors (Lipinski definition) is 4. The first kappa shape index (κ1) is 16.0. The van der Waals surface area contributed by atoms with Crippen molar-refractivity contribution in [2.75, 3.05) is 48.0 Å². The van der Waals surface area contributed by atoms with E-state index < -0.39 is 0 Å². The third-order valence-corrected chi connectivity index (χ3v) is 3.25. The van der Waals surface area contributed by atoms with Gasteiger partial charge in [0.25, 0.3) is 0 Å². The Labute approximate surface area is 116 Å². The minimum atomic E-state index is 0.332. The number of methoxy groups -OCH3 is 2. The molecule has 1 N–H and O–H groups in total. The van der Waals surface area contributed by atoms with Gasteiger partial charge in [0.2, 0.25) is 0 Å². The molecule has 0 heterocycles. The van der Waals surface area contributed by atoms with Gasteiger partial charge in [-0.05, 0) is 38.2 Å². The predicted octanol–water partition coefficient (Wildman–Crippen LogP) is 1.92. The van der Waals surface area contributed by atoms with Crippen LogP contribution in [0.2, 0.25) is 0 Å². The Balaban J connectivity index is 2.51. The number of ether oxygens (including phenoxy) is 2. The van der Waals surface area contributed by atoms with Gasteiger partial charge in [0.15, 0.2) is 0 Å². The van der Waals surface area contributed by atoms with Crippen LogP contribution in [0.3, 0.4) is 0 Å². The minimum Gasteiger partial charge on any atom is -0.497 e. The first-order valence-corrected chi connectivity index (χ1v) is 6.70. The van der Waals surface area contributed by atoms with Gasteiger partial charge in [-0.1, -0.05) is 12.1 Å². The summed E-state index contributed by atoms with van der Waals surface area (Å²) in [6, 6.07) is 8.57. The number of benzene rings is 1. The lowest BCUT2D eigenvalue weighted by Gasteiger charge is -2.24. The standard InChI is InChI=1S/C15H26N2O2/c1-16-15(12-17(2)10-5-11-18-3)13-6-8-14(19-4)9-7-13/h6-9,15-16H,5,10-12H2,1-4H3. The van der Waals surface area contributed by atoms with Crippen LogP contribution in [0.25, 0.3) is 0 Å². The number of likely N-dealkylation sites (N-methyl/N-ethyl adjacent to an activating group) is 2. The molecule has 108 valence electrons. The summed E-state index contributed by atoms with van der Waals surface area (Å²) in [5.74, 6) is 0.895. The van der Waals surface area contributed by atoms with Gasteiger partial charge in [-0.2, -0.15) is 0 Å². The highest BCUT2D eigenvalue weighted by molar-refractivity contribution is 5.29. The van der Waals surface area contributed by atoms with E-state index in [2.05, 4.69) is 29.4 Å². The lowest BCUT2D eigenvalue weighted by molar-refractivity contribution is 0.176. The molecule has 4 heteroatoms. The van der Waals surface area contributed by atoms with Crippen LogP contribution in [-0.2, 0) is 4.74 Å². The van der Waals surface area contributed by atoms with E-state index in [9.17, 15) is 0 Å². The molecule has 0 aliphatic heterocycles. The SMILES string of the molecule is CNC(CN(C)CCCOC)c1ccc(OC)cc1. The highest BCUT2D eigenvalue weighted by atomic mass is 16.5. The summed E-state index contributed by atoms with van der Waals surface area (Å²) in [6.45, 7) is 2.84. The number of rotatable bonds is 9. The molecule has 1 aromatic rings. The van der Waals surface area contributed by atoms with Gasteiger partial charge < -0.3 is 19.7 Å². The summed E-state index contributed by atoms with van der Waals surface area (Å²) in [6.07, 6.45) is 1.06. The van der Waals surface area contributed by atoms with Crippen molar-refractivity contribution in [3.05, 3.63) is 29.8 Å². The van der Waals surface area contributed by atoms with E-state index in [1.165, 1.54) is 5.56 Å². The molecule has 0 radical (unpaired) electrons. The van der Waals surface area contributed by atoms with Gasteiger partial charge in [-0.15, -0.1) is 0 Å². The lowest BCUT2D eigenvalue weighted by atomic mass is 10.1. The number of nitrogens with zero attached hydrogens (tertiary/aromatic N) is 1. The van der Waals surface area contributed by atoms with Crippen molar-refractivity contribution in [2.45, 2.75) is 12.5 Å². The minimum absolute atomic E-state index is 0.332. The maximum Gasteiger partial charge on any atom is 0.118 e. The van der Waals surface area contributed by atoms with Crippen LogP contribution < -0.4 is 10.1 Å². The Kier molecular flexibility index (Phi) is 7.48. The fourth-order valence-electron chi connectivity index (χ4n) is 2.08. The van der Waals surface area contributed by atoms with Crippen molar-refractivity contribution in [3.63, 3.8) is 0 Å². The van der Waals surface area contributed by atoms with Crippen LogP contribution in [0.4, 0.5) is 0 Å². The van der Waals surface area contributed by atoms with E-state index >= 15 is 0 Å². The Hall–Kier alpha value is -1.10. The fraction of sp³-hybridized carbons (Fsp3) is 0.600. The van der Waals surface area contributed by atoms with Gasteiger partial charge in [-0.25, -0.2) is 0 Å². The Morgan fingerprint density at radius 1 is 1.21 bits per heavy atom. The first-order chi connectivity index (χ1) is 9.21. The van der Waals surface area contributed by atoms with Crippen molar-refractivity contribution in [2.24, 2.45) is 0 Å². The second-order valence-electron chi connectivity index (χ2n) is 4.72. The molecule has 4 nitrogen and oxygen atoms in total. The molecule has 0 bridgehead atoms. The third-order valence-electron chi connectivity index (χ3n) is 3.25. The smallest absolute Gasteiger partial charge is 0.118 e. The van der Waals surface area contributed by atoms with Gasteiger partial charge in [0.1, 0.15) is 5.75 Å². The van der Waals surface area contributed by atoms with Crippen LogP contribution in [0.15, 0.2) is 24.3 Å². The molecular formula is C15H26N2O2. The largest absolute Gasteiger partial charge is 0.497 e. The van der Waals surface area contributed by atoms with Crippen molar-refractivity contribution in [1.29, 1.82) is 0 Å². The lowest BCUT2D eigenvalue weighted by Crippen LogP contribution is -2.32. The van der Waals surface area contributed by atoms with Gasteiger partial charge in [0, 0.05) is 32.8 Å². The van der Waals surface area contributed by atoms with Crippen LogP contribution in [0, 0.1) is 0 Å². The quantitative estimate of drug-likeness (QED) is 0.692. The predicted molar refractivity (Wildman–Crippen MR) is 78.8 cm³/mol. The average molecular weight is 266 g/mol. The molecule has 0 fully saturated rings. The first-order valence-electron chi connectivity index (χ1n) is 6.70. The van der Waals surface area contributed by atoms with E-state index in [1.807, 2.05) is 19.2 Å². The third kappa shape index (κ3) is 5.59. The monoisotopic (exact) mass is 266 g/mol. The second-order valence-corrected chi connectivity index (χ2v) is 4.72. The fourth-order valence-corrected chi connectivity index (χ4v) is 2.08. The summed E-state index contributed by atoms with van der Waals surface area (Å²) in [5.41, 5.74) is 1.28. The van der Waals surface area contributed by atoms with Gasteiger partial charge >= 0.3 is 0 Å². The molecule has 0 spiro atoms. The maximum absolute atomic E-state index is 5.18. The highest BCUT2D eigenvalue weighted by Crippen LogP contribution is 2.18. The van der Waals surface area contributed by atoms with Gasteiger partial charge in [0.05, 0.1) is 7.11 Å². The summed E-state index contributed by atoms with van der Waals surface area (Å²) < 4.78 is 10.3. The molecule has 0 saturated heterocycles. The molecule has 0 saturated carbocycles. The molecule has 1 atom stereocenters. The van der Waals surface area contributed by atoms with Crippen molar-refractivity contribution >= 4 is 0 Å². The number of hydrogen-bond donors (Lipinski definition) is 1. The van der Waals surface area contributed by atoms with E-state index in [0.717, 1.165) is 31.9 Å². The normalized spacial score (nSPS) is 12.7. The van der Waals surface area contributed by atoms with Crippen LogP contribution >= 0.6 is 0 Å². The molecule has 0 aliphatic carbocycles. The zero-order valence-corrected chi connectivity index (χ0v) is 12.5. The van der Waals surface area contributed by atoms with Crippen LogP contribution in [0.5, 0.6) is 5.75 Å². The van der Waals surface area contributed by atoms with Gasteiger partial charge in [-0.3, -0.25) is 0 Å². The topological polar surface area (TPSA) is 33.7 Å². The van der Waals surface area contributed by atoms with Crippen LogP contribution in [-0.4, -0.2) is 52.9 Å². The molecule has 1 unspecified atom stereocenters. The van der Waals surface area contributed by atoms with Crippen LogP contribution in [0.1, 0.15) is 18.0 Å². The zero-order valence-electron chi connectivity index (χ0n) is 12.5. The van der Waals surface area contributed by atoms with E-state index in [-0.39, 0.29) is 0 Å². The van der Waals surface area contributed by atoms with Crippen molar-refractivity contribution in [3.8, 4) is 5.75 Å². The molecule has 19 heavy (non-hydrogen) atoms. The number of nitrogens with one attached hydrogen (secondary N) is 1. The zero-order chi connectivity index (χ0) is 14.1. The van der Waals surface area contributed by atoms with E-state index in [4.69, 9.17) is 9.47 Å². The Bertz CT molecular complexity index is 341. The molecule has 1 aromatic carbocycles. The average Bonchev–Trinajstić information content (AvgIpc) is 2.45. The summed E-state index contributed by atoms with van der Waals surface area (Å²) >= 11 is 0. The van der Waals surface area contributed by atoms with Crippen molar-refractivity contribution < 1.29 is 9.47 Å².